The van der Waals surface area contributed by atoms with Gasteiger partial charge in [0.2, 0.25) is 16.0 Å². The SMILES string of the molecule is COc1cnc([C@@H](C)[C@H](C)S(=O)(=O)Nc2nnc([C@H]3COCCO3)n2-c2c(OC)cccc2OC)nc1. The molecule has 0 aliphatic carbocycles. The molecule has 2 aromatic heterocycles. The molecule has 200 valence electrons. The summed E-state index contributed by atoms with van der Waals surface area (Å²) >= 11 is 0. The van der Waals surface area contributed by atoms with E-state index in [-0.39, 0.29) is 12.6 Å². The number of anilines is 1. The number of methoxy groups -OCH3 is 3. The lowest BCUT2D eigenvalue weighted by atomic mass is 10.1. The van der Waals surface area contributed by atoms with Gasteiger partial charge in [-0.1, -0.05) is 13.0 Å². The molecular formula is C23H30N6O7S. The molecule has 0 unspecified atom stereocenters. The lowest BCUT2D eigenvalue weighted by Gasteiger charge is -2.25. The highest BCUT2D eigenvalue weighted by Gasteiger charge is 2.34. The Labute approximate surface area is 215 Å². The molecule has 1 aliphatic rings. The summed E-state index contributed by atoms with van der Waals surface area (Å²) in [6.45, 7) is 4.34. The van der Waals surface area contributed by atoms with Crippen molar-refractivity contribution in [3.05, 3.63) is 42.2 Å². The van der Waals surface area contributed by atoms with Gasteiger partial charge in [0.1, 0.15) is 29.1 Å². The van der Waals surface area contributed by atoms with Gasteiger partial charge in [-0.15, -0.1) is 10.2 Å². The number of hydrogen-bond donors (Lipinski definition) is 1. The first-order valence-electron chi connectivity index (χ1n) is 11.5. The number of para-hydroxylation sites is 1. The van der Waals surface area contributed by atoms with E-state index in [0.717, 1.165) is 0 Å². The summed E-state index contributed by atoms with van der Waals surface area (Å²) in [5, 5.41) is 7.51. The number of aromatic nitrogens is 5. The number of benzene rings is 1. The average molecular weight is 535 g/mol. The maximum absolute atomic E-state index is 13.5. The van der Waals surface area contributed by atoms with E-state index in [1.54, 1.807) is 32.0 Å². The maximum Gasteiger partial charge on any atom is 0.243 e. The van der Waals surface area contributed by atoms with Crippen molar-refractivity contribution >= 4 is 16.0 Å². The lowest BCUT2D eigenvalue weighted by molar-refractivity contribution is -0.0941. The molecule has 14 heteroatoms. The maximum atomic E-state index is 13.5. The Kier molecular flexibility index (Phi) is 8.10. The van der Waals surface area contributed by atoms with Gasteiger partial charge in [0.15, 0.2) is 11.6 Å². The van der Waals surface area contributed by atoms with Crippen LogP contribution in [0.1, 0.15) is 37.5 Å². The highest BCUT2D eigenvalue weighted by molar-refractivity contribution is 7.93. The van der Waals surface area contributed by atoms with Gasteiger partial charge in [-0.2, -0.15) is 0 Å². The molecule has 1 fully saturated rings. The second-order valence-corrected chi connectivity index (χ2v) is 10.3. The van der Waals surface area contributed by atoms with Gasteiger partial charge in [0, 0.05) is 5.92 Å². The molecule has 1 aromatic carbocycles. The molecule has 0 bridgehead atoms. The van der Waals surface area contributed by atoms with E-state index >= 15 is 0 Å². The zero-order valence-corrected chi connectivity index (χ0v) is 22.1. The first-order valence-corrected chi connectivity index (χ1v) is 13.1. The third kappa shape index (κ3) is 5.45. The lowest BCUT2D eigenvalue weighted by Crippen LogP contribution is -2.32. The van der Waals surface area contributed by atoms with E-state index in [1.165, 1.54) is 38.3 Å². The fourth-order valence-electron chi connectivity index (χ4n) is 3.85. The second-order valence-electron chi connectivity index (χ2n) is 8.28. The minimum absolute atomic E-state index is 0.0540. The zero-order valence-electron chi connectivity index (χ0n) is 21.2. The quantitative estimate of drug-likeness (QED) is 0.407. The Balaban J connectivity index is 1.74. The molecule has 0 amide bonds. The van der Waals surface area contributed by atoms with Crippen LogP contribution < -0.4 is 18.9 Å². The molecule has 1 saturated heterocycles. The van der Waals surface area contributed by atoms with Crippen molar-refractivity contribution in [1.29, 1.82) is 0 Å². The molecule has 4 rings (SSSR count). The second kappa shape index (κ2) is 11.3. The van der Waals surface area contributed by atoms with Crippen LogP contribution in [0.3, 0.4) is 0 Å². The highest BCUT2D eigenvalue weighted by atomic mass is 32.2. The van der Waals surface area contributed by atoms with Crippen LogP contribution >= 0.6 is 0 Å². The molecule has 0 radical (unpaired) electrons. The van der Waals surface area contributed by atoms with Crippen molar-refractivity contribution < 1.29 is 32.1 Å². The van der Waals surface area contributed by atoms with Gasteiger partial charge < -0.3 is 23.7 Å². The highest BCUT2D eigenvalue weighted by Crippen LogP contribution is 2.37. The third-order valence-electron chi connectivity index (χ3n) is 6.14. The van der Waals surface area contributed by atoms with Gasteiger partial charge in [0.05, 0.1) is 58.8 Å². The van der Waals surface area contributed by atoms with Crippen molar-refractivity contribution in [2.24, 2.45) is 0 Å². The molecular weight excluding hydrogens is 504 g/mol. The predicted octanol–water partition coefficient (Wildman–Crippen LogP) is 2.10. The van der Waals surface area contributed by atoms with Crippen LogP contribution in [0.2, 0.25) is 0 Å². The van der Waals surface area contributed by atoms with Crippen molar-refractivity contribution in [2.75, 3.05) is 45.9 Å². The Bertz CT molecular complexity index is 1290. The number of hydrogen-bond acceptors (Lipinski definition) is 11. The fraction of sp³-hybridized carbons (Fsp3) is 0.478. The summed E-state index contributed by atoms with van der Waals surface area (Å²) in [6.07, 6.45) is 2.40. The van der Waals surface area contributed by atoms with Crippen LogP contribution in [-0.4, -0.2) is 79.6 Å². The Morgan fingerprint density at radius 2 is 1.70 bits per heavy atom. The number of sulfonamides is 1. The number of rotatable bonds is 10. The molecule has 3 aromatic rings. The normalized spacial score (nSPS) is 17.6. The summed E-state index contributed by atoms with van der Waals surface area (Å²) in [4.78, 5) is 8.48. The van der Waals surface area contributed by atoms with Crippen LogP contribution in [0.5, 0.6) is 17.2 Å². The molecule has 0 saturated carbocycles. The summed E-state index contributed by atoms with van der Waals surface area (Å²) in [5.74, 6) is 1.41. The Morgan fingerprint density at radius 3 is 2.27 bits per heavy atom. The minimum atomic E-state index is -4.00. The van der Waals surface area contributed by atoms with E-state index in [0.29, 0.717) is 47.8 Å². The summed E-state index contributed by atoms with van der Waals surface area (Å²) in [7, 11) is 0.513. The van der Waals surface area contributed by atoms with E-state index in [9.17, 15) is 8.42 Å². The van der Waals surface area contributed by atoms with Crippen molar-refractivity contribution in [3.63, 3.8) is 0 Å². The number of nitrogens with zero attached hydrogens (tertiary/aromatic N) is 5. The van der Waals surface area contributed by atoms with Gasteiger partial charge in [-0.05, 0) is 19.1 Å². The molecule has 1 N–H and O–H groups in total. The van der Waals surface area contributed by atoms with E-state index in [4.69, 9.17) is 23.7 Å². The predicted molar refractivity (Wildman–Crippen MR) is 133 cm³/mol. The van der Waals surface area contributed by atoms with Crippen LogP contribution in [0.25, 0.3) is 5.69 Å². The Morgan fingerprint density at radius 1 is 1.03 bits per heavy atom. The van der Waals surface area contributed by atoms with E-state index in [2.05, 4.69) is 24.9 Å². The average Bonchev–Trinajstić information content (AvgIpc) is 3.34. The summed E-state index contributed by atoms with van der Waals surface area (Å²) < 4.78 is 58.8. The molecule has 13 nitrogen and oxygen atoms in total. The standard InChI is InChI=1S/C23H30N6O7S/c1-14(21-24-11-16(32-3)12-25-21)15(2)37(30,31)28-23-27-26-22(19-13-35-9-10-36-19)29(23)20-17(33-4)7-6-8-18(20)34-5/h6-8,11-12,14-15,19H,9-10,13H2,1-5H3,(H,27,28)/t14-,15-,19+/m0/s1. The molecule has 0 spiro atoms. The third-order valence-corrected chi connectivity index (χ3v) is 7.99. The van der Waals surface area contributed by atoms with Gasteiger partial charge in [-0.3, -0.25) is 9.29 Å². The molecule has 3 atom stereocenters. The summed E-state index contributed by atoms with van der Waals surface area (Å²) in [5.41, 5.74) is 0.415. The topological polar surface area (TPSA) is 149 Å². The minimum Gasteiger partial charge on any atom is -0.494 e. The first kappa shape index (κ1) is 26.6. The van der Waals surface area contributed by atoms with Gasteiger partial charge in [0.25, 0.3) is 0 Å². The van der Waals surface area contributed by atoms with Crippen molar-refractivity contribution in [1.82, 2.24) is 24.7 Å². The smallest absolute Gasteiger partial charge is 0.243 e. The molecule has 1 aliphatic heterocycles. The summed E-state index contributed by atoms with van der Waals surface area (Å²) in [6, 6.07) is 5.21. The van der Waals surface area contributed by atoms with Crippen molar-refractivity contribution in [3.8, 4) is 22.9 Å². The largest absolute Gasteiger partial charge is 0.494 e. The van der Waals surface area contributed by atoms with Crippen LogP contribution in [0.15, 0.2) is 30.6 Å². The number of nitrogens with one attached hydrogen (secondary N) is 1. The van der Waals surface area contributed by atoms with E-state index in [1.807, 2.05) is 0 Å². The first-order chi connectivity index (χ1) is 17.8. The fourth-order valence-corrected chi connectivity index (χ4v) is 5.08. The van der Waals surface area contributed by atoms with Gasteiger partial charge in [-0.25, -0.2) is 18.4 Å². The van der Waals surface area contributed by atoms with Crippen LogP contribution in [-0.2, 0) is 19.5 Å². The molecule has 37 heavy (non-hydrogen) atoms. The van der Waals surface area contributed by atoms with Crippen molar-refractivity contribution in [2.45, 2.75) is 31.1 Å². The molecule has 3 heterocycles. The van der Waals surface area contributed by atoms with Crippen LogP contribution in [0, 0.1) is 0 Å². The Hall–Kier alpha value is -3.49. The van der Waals surface area contributed by atoms with E-state index < -0.39 is 27.3 Å². The van der Waals surface area contributed by atoms with Crippen LogP contribution in [0.4, 0.5) is 5.95 Å². The monoisotopic (exact) mass is 534 g/mol. The zero-order chi connectivity index (χ0) is 26.6. The number of ether oxygens (including phenoxy) is 5. The van der Waals surface area contributed by atoms with Gasteiger partial charge >= 0.3 is 0 Å².